The summed E-state index contributed by atoms with van der Waals surface area (Å²) in [5.41, 5.74) is 0.814. The van der Waals surface area contributed by atoms with Crippen LogP contribution in [-0.4, -0.2) is 37.3 Å². The molecule has 0 fully saturated rings. The first-order chi connectivity index (χ1) is 8.74. The Kier molecular flexibility index (Phi) is 4.04. The third-order valence-electron chi connectivity index (χ3n) is 2.75. The Balaban J connectivity index is 2.13. The van der Waals surface area contributed by atoms with E-state index < -0.39 is 0 Å². The summed E-state index contributed by atoms with van der Waals surface area (Å²) in [6.45, 7) is 1.69. The zero-order valence-corrected chi connectivity index (χ0v) is 11.3. The second kappa shape index (κ2) is 5.73. The summed E-state index contributed by atoms with van der Waals surface area (Å²) in [4.78, 5) is 2.06. The van der Waals surface area contributed by atoms with Gasteiger partial charge in [0.2, 0.25) is 0 Å². The fourth-order valence-corrected chi connectivity index (χ4v) is 2.01. The molecule has 1 heterocycles. The molecule has 4 nitrogen and oxygen atoms in total. The molecule has 1 N–H and O–H groups in total. The van der Waals surface area contributed by atoms with Crippen LogP contribution in [0, 0.1) is 0 Å². The molecule has 0 bridgehead atoms. The van der Waals surface area contributed by atoms with Crippen LogP contribution >= 0.6 is 12.2 Å². The molecule has 0 amide bonds. The molecule has 1 aliphatic heterocycles. The van der Waals surface area contributed by atoms with Crippen LogP contribution in [0.5, 0.6) is 11.5 Å². The minimum atomic E-state index is 0.687. The predicted molar refractivity (Wildman–Crippen MR) is 76.5 cm³/mol. The van der Waals surface area contributed by atoms with Crippen molar-refractivity contribution in [1.29, 1.82) is 0 Å². The van der Waals surface area contributed by atoms with E-state index in [1.54, 1.807) is 14.2 Å². The summed E-state index contributed by atoms with van der Waals surface area (Å²) in [6, 6.07) is 5.57. The van der Waals surface area contributed by atoms with Crippen molar-refractivity contribution in [3.63, 3.8) is 0 Å². The Morgan fingerprint density at radius 1 is 1.22 bits per heavy atom. The molecule has 0 aliphatic carbocycles. The van der Waals surface area contributed by atoms with Gasteiger partial charge in [0, 0.05) is 19.2 Å². The van der Waals surface area contributed by atoms with Crippen LogP contribution in [0.4, 0.5) is 5.69 Å². The summed E-state index contributed by atoms with van der Waals surface area (Å²) in [6.07, 6.45) is 4.19. The van der Waals surface area contributed by atoms with E-state index in [9.17, 15) is 0 Å². The first-order valence-corrected chi connectivity index (χ1v) is 6.08. The largest absolute Gasteiger partial charge is 0.497 e. The minimum absolute atomic E-state index is 0.687. The second-order valence-electron chi connectivity index (χ2n) is 3.87. The van der Waals surface area contributed by atoms with E-state index in [-0.39, 0.29) is 0 Å². The van der Waals surface area contributed by atoms with Crippen molar-refractivity contribution in [2.75, 3.05) is 32.6 Å². The molecule has 1 aliphatic rings. The molecule has 0 aromatic heterocycles. The zero-order valence-electron chi connectivity index (χ0n) is 10.5. The Morgan fingerprint density at radius 3 is 2.56 bits per heavy atom. The fraction of sp³-hybridized carbons (Fsp3) is 0.308. The van der Waals surface area contributed by atoms with Crippen LogP contribution in [0.1, 0.15) is 0 Å². The number of thiocarbonyl (C=S) groups is 1. The van der Waals surface area contributed by atoms with Crippen LogP contribution in [0.25, 0.3) is 0 Å². The Morgan fingerprint density at radius 2 is 1.94 bits per heavy atom. The van der Waals surface area contributed by atoms with Crippen molar-refractivity contribution in [2.24, 2.45) is 0 Å². The maximum Gasteiger partial charge on any atom is 0.174 e. The summed E-state index contributed by atoms with van der Waals surface area (Å²) in [5.74, 6) is 1.51. The van der Waals surface area contributed by atoms with Gasteiger partial charge in [-0.2, -0.15) is 0 Å². The van der Waals surface area contributed by atoms with Crippen molar-refractivity contribution < 1.29 is 9.47 Å². The molecular weight excluding hydrogens is 248 g/mol. The number of hydrogen-bond donors (Lipinski definition) is 1. The van der Waals surface area contributed by atoms with Crippen LogP contribution < -0.4 is 14.8 Å². The predicted octanol–water partition coefficient (Wildman–Crippen LogP) is 2.27. The van der Waals surface area contributed by atoms with E-state index in [0.29, 0.717) is 5.11 Å². The molecule has 18 heavy (non-hydrogen) atoms. The lowest BCUT2D eigenvalue weighted by atomic mass is 10.2. The molecule has 0 radical (unpaired) electrons. The standard InChI is InChI=1S/C13H16N2O2S/c1-16-10-5-6-12(17-2)11(9-10)14-13(18)15-7-3-4-8-15/h3-6,9H,7-8H2,1-2H3,(H,14,18). The van der Waals surface area contributed by atoms with Crippen LogP contribution in [0.3, 0.4) is 0 Å². The molecule has 1 aromatic rings. The first-order valence-electron chi connectivity index (χ1n) is 5.67. The highest BCUT2D eigenvalue weighted by atomic mass is 32.1. The summed E-state index contributed by atoms with van der Waals surface area (Å²) in [7, 11) is 3.27. The monoisotopic (exact) mass is 264 g/mol. The van der Waals surface area contributed by atoms with Crippen molar-refractivity contribution in [2.45, 2.75) is 0 Å². The van der Waals surface area contributed by atoms with Gasteiger partial charge in [-0.05, 0) is 24.4 Å². The van der Waals surface area contributed by atoms with Crippen molar-refractivity contribution in [1.82, 2.24) is 4.90 Å². The zero-order chi connectivity index (χ0) is 13.0. The number of hydrogen-bond acceptors (Lipinski definition) is 3. The highest BCUT2D eigenvalue weighted by molar-refractivity contribution is 7.80. The number of rotatable bonds is 3. The van der Waals surface area contributed by atoms with E-state index >= 15 is 0 Å². The molecular formula is C13H16N2O2S. The minimum Gasteiger partial charge on any atom is -0.497 e. The summed E-state index contributed by atoms with van der Waals surface area (Å²) in [5, 5.41) is 3.88. The molecule has 1 aromatic carbocycles. The number of nitrogens with one attached hydrogen (secondary N) is 1. The molecule has 0 unspecified atom stereocenters. The smallest absolute Gasteiger partial charge is 0.174 e. The number of benzene rings is 1. The lowest BCUT2D eigenvalue weighted by Crippen LogP contribution is -2.32. The quantitative estimate of drug-likeness (QED) is 0.669. The van der Waals surface area contributed by atoms with E-state index in [4.69, 9.17) is 21.7 Å². The van der Waals surface area contributed by atoms with Crippen molar-refractivity contribution >= 4 is 23.0 Å². The molecule has 0 atom stereocenters. The third kappa shape index (κ3) is 2.73. The van der Waals surface area contributed by atoms with Gasteiger partial charge in [-0.15, -0.1) is 0 Å². The van der Waals surface area contributed by atoms with Gasteiger partial charge in [0.1, 0.15) is 11.5 Å². The number of ether oxygens (including phenoxy) is 2. The molecule has 0 saturated heterocycles. The SMILES string of the molecule is COc1ccc(OC)c(NC(=S)N2CC=CC2)c1. The highest BCUT2D eigenvalue weighted by Crippen LogP contribution is 2.29. The van der Waals surface area contributed by atoms with Crippen LogP contribution in [0.15, 0.2) is 30.4 Å². The lowest BCUT2D eigenvalue weighted by molar-refractivity contribution is 0.404. The van der Waals surface area contributed by atoms with Crippen molar-refractivity contribution in [3.8, 4) is 11.5 Å². The van der Waals surface area contributed by atoms with Gasteiger partial charge >= 0.3 is 0 Å². The third-order valence-corrected chi connectivity index (χ3v) is 3.11. The van der Waals surface area contributed by atoms with Gasteiger partial charge < -0.3 is 19.7 Å². The van der Waals surface area contributed by atoms with Crippen molar-refractivity contribution in [3.05, 3.63) is 30.4 Å². The Hall–Kier alpha value is -1.75. The van der Waals surface area contributed by atoms with Gasteiger partial charge in [0.15, 0.2) is 5.11 Å². The summed E-state index contributed by atoms with van der Waals surface area (Å²) >= 11 is 5.36. The van der Waals surface area contributed by atoms with E-state index in [1.807, 2.05) is 18.2 Å². The normalized spacial score (nSPS) is 13.6. The highest BCUT2D eigenvalue weighted by Gasteiger charge is 2.13. The first kappa shape index (κ1) is 12.7. The van der Waals surface area contributed by atoms with E-state index in [2.05, 4.69) is 22.4 Å². The van der Waals surface area contributed by atoms with Gasteiger partial charge in [0.25, 0.3) is 0 Å². The summed E-state index contributed by atoms with van der Waals surface area (Å²) < 4.78 is 10.5. The second-order valence-corrected chi connectivity index (χ2v) is 4.26. The van der Waals surface area contributed by atoms with Gasteiger partial charge in [0.05, 0.1) is 19.9 Å². The van der Waals surface area contributed by atoms with E-state index in [1.165, 1.54) is 0 Å². The number of anilines is 1. The topological polar surface area (TPSA) is 33.7 Å². The van der Waals surface area contributed by atoms with Crippen LogP contribution in [0.2, 0.25) is 0 Å². The number of nitrogens with zero attached hydrogens (tertiary/aromatic N) is 1. The maximum atomic E-state index is 5.36. The number of methoxy groups -OCH3 is 2. The average molecular weight is 264 g/mol. The molecule has 5 heteroatoms. The average Bonchev–Trinajstić information content (AvgIpc) is 2.92. The van der Waals surface area contributed by atoms with Gasteiger partial charge in [-0.1, -0.05) is 12.2 Å². The Labute approximate surface area is 112 Å². The van der Waals surface area contributed by atoms with Gasteiger partial charge in [-0.25, -0.2) is 0 Å². The molecule has 96 valence electrons. The lowest BCUT2D eigenvalue weighted by Gasteiger charge is -2.21. The maximum absolute atomic E-state index is 5.36. The Bertz CT molecular complexity index is 466. The molecule has 0 spiro atoms. The van der Waals surface area contributed by atoms with Gasteiger partial charge in [-0.3, -0.25) is 0 Å². The van der Waals surface area contributed by atoms with E-state index in [0.717, 1.165) is 30.3 Å². The van der Waals surface area contributed by atoms with Crippen LogP contribution in [-0.2, 0) is 0 Å². The fourth-order valence-electron chi connectivity index (χ4n) is 1.75. The molecule has 0 saturated carbocycles. The molecule has 2 rings (SSSR count).